The van der Waals surface area contributed by atoms with Crippen molar-refractivity contribution in [2.24, 2.45) is 0 Å². The monoisotopic (exact) mass is 271 g/mol. The molecule has 2 rings (SSSR count). The van der Waals surface area contributed by atoms with Crippen LogP contribution in [0.3, 0.4) is 0 Å². The van der Waals surface area contributed by atoms with E-state index in [-0.39, 0.29) is 0 Å². The van der Waals surface area contributed by atoms with E-state index in [1.807, 2.05) is 13.2 Å². The van der Waals surface area contributed by atoms with Crippen molar-refractivity contribution >= 4 is 0 Å². The summed E-state index contributed by atoms with van der Waals surface area (Å²) in [5.74, 6) is 0. The predicted molar refractivity (Wildman–Crippen MR) is 83.8 cm³/mol. The molecule has 0 fully saturated rings. The first-order valence-electron chi connectivity index (χ1n) is 7.49. The standard InChI is InChI=1S/C17H25N3/c1-4-13-20-17(11-12-19-20)16(18-3)10-9-15-8-6-5-7-14(15)2/h5-8,11-12,16,18H,4,9-10,13H2,1-3H3. The molecule has 0 radical (unpaired) electrons. The van der Waals surface area contributed by atoms with Crippen molar-refractivity contribution < 1.29 is 0 Å². The van der Waals surface area contributed by atoms with E-state index in [9.17, 15) is 0 Å². The van der Waals surface area contributed by atoms with E-state index in [2.05, 4.69) is 59.3 Å². The molecule has 2 aromatic rings. The molecule has 0 bridgehead atoms. The van der Waals surface area contributed by atoms with Crippen LogP contribution in [0.4, 0.5) is 0 Å². The Kier molecular flexibility index (Phi) is 5.36. The lowest BCUT2D eigenvalue weighted by atomic mass is 9.99. The molecule has 1 heterocycles. The molecule has 1 aromatic heterocycles. The van der Waals surface area contributed by atoms with Crippen molar-refractivity contribution in [2.75, 3.05) is 7.05 Å². The number of nitrogens with one attached hydrogen (secondary N) is 1. The Labute approximate surface area is 122 Å². The largest absolute Gasteiger partial charge is 0.312 e. The Hall–Kier alpha value is -1.61. The van der Waals surface area contributed by atoms with Gasteiger partial charge in [0, 0.05) is 18.8 Å². The quantitative estimate of drug-likeness (QED) is 0.835. The Balaban J connectivity index is 2.06. The van der Waals surface area contributed by atoms with Gasteiger partial charge in [0.15, 0.2) is 0 Å². The Morgan fingerprint density at radius 2 is 2.05 bits per heavy atom. The predicted octanol–water partition coefficient (Wildman–Crippen LogP) is 3.49. The molecular weight excluding hydrogens is 246 g/mol. The maximum absolute atomic E-state index is 4.42. The van der Waals surface area contributed by atoms with Crippen molar-refractivity contribution in [3.63, 3.8) is 0 Å². The van der Waals surface area contributed by atoms with Gasteiger partial charge in [-0.3, -0.25) is 4.68 Å². The maximum Gasteiger partial charge on any atom is 0.0553 e. The third-order valence-corrected chi connectivity index (χ3v) is 3.85. The summed E-state index contributed by atoms with van der Waals surface area (Å²) in [5, 5.41) is 7.86. The first-order chi connectivity index (χ1) is 9.76. The average Bonchev–Trinajstić information content (AvgIpc) is 2.90. The van der Waals surface area contributed by atoms with E-state index in [1.165, 1.54) is 16.8 Å². The van der Waals surface area contributed by atoms with Crippen LogP contribution < -0.4 is 5.32 Å². The molecule has 108 valence electrons. The SMILES string of the molecule is CCCn1nccc1C(CCc1ccccc1C)NC. The van der Waals surface area contributed by atoms with Crippen LogP contribution in [0.15, 0.2) is 36.5 Å². The van der Waals surface area contributed by atoms with Gasteiger partial charge in [0.05, 0.1) is 5.69 Å². The summed E-state index contributed by atoms with van der Waals surface area (Å²) >= 11 is 0. The first kappa shape index (κ1) is 14.8. The molecule has 1 aromatic carbocycles. The molecule has 1 atom stereocenters. The fourth-order valence-corrected chi connectivity index (χ4v) is 2.67. The molecular formula is C17H25N3. The summed E-state index contributed by atoms with van der Waals surface area (Å²) in [7, 11) is 2.03. The molecule has 0 aliphatic heterocycles. The van der Waals surface area contributed by atoms with Crippen molar-refractivity contribution in [2.45, 2.75) is 45.7 Å². The van der Waals surface area contributed by atoms with Gasteiger partial charge in [0.2, 0.25) is 0 Å². The second kappa shape index (κ2) is 7.25. The molecule has 1 unspecified atom stereocenters. The van der Waals surface area contributed by atoms with E-state index in [4.69, 9.17) is 0 Å². The fraction of sp³-hybridized carbons (Fsp3) is 0.471. The highest BCUT2D eigenvalue weighted by Crippen LogP contribution is 2.20. The fourth-order valence-electron chi connectivity index (χ4n) is 2.67. The normalized spacial score (nSPS) is 12.6. The van der Waals surface area contributed by atoms with Gasteiger partial charge >= 0.3 is 0 Å². The summed E-state index contributed by atoms with van der Waals surface area (Å²) in [6, 6.07) is 11.1. The lowest BCUT2D eigenvalue weighted by molar-refractivity contribution is 0.476. The second-order valence-electron chi connectivity index (χ2n) is 5.29. The van der Waals surface area contributed by atoms with Crippen LogP contribution >= 0.6 is 0 Å². The van der Waals surface area contributed by atoms with E-state index < -0.39 is 0 Å². The Bertz CT molecular complexity index is 531. The van der Waals surface area contributed by atoms with Gasteiger partial charge in [0.25, 0.3) is 0 Å². The summed E-state index contributed by atoms with van der Waals surface area (Å²) in [4.78, 5) is 0. The van der Waals surface area contributed by atoms with Gasteiger partial charge in [-0.2, -0.15) is 5.10 Å². The summed E-state index contributed by atoms with van der Waals surface area (Å²) in [6.45, 7) is 5.36. The third kappa shape index (κ3) is 3.48. The van der Waals surface area contributed by atoms with Crippen molar-refractivity contribution in [3.8, 4) is 0 Å². The minimum atomic E-state index is 0.364. The second-order valence-corrected chi connectivity index (χ2v) is 5.29. The van der Waals surface area contributed by atoms with Crippen LogP contribution in [-0.4, -0.2) is 16.8 Å². The minimum Gasteiger partial charge on any atom is -0.312 e. The Morgan fingerprint density at radius 3 is 2.75 bits per heavy atom. The number of hydrogen-bond donors (Lipinski definition) is 1. The summed E-state index contributed by atoms with van der Waals surface area (Å²) < 4.78 is 2.12. The average molecular weight is 271 g/mol. The number of aromatic nitrogens is 2. The van der Waals surface area contributed by atoms with Crippen LogP contribution in [0.5, 0.6) is 0 Å². The zero-order chi connectivity index (χ0) is 14.4. The van der Waals surface area contributed by atoms with Gasteiger partial charge in [-0.05, 0) is 50.4 Å². The number of benzene rings is 1. The van der Waals surface area contributed by atoms with E-state index >= 15 is 0 Å². The minimum absolute atomic E-state index is 0.364. The lowest BCUT2D eigenvalue weighted by Crippen LogP contribution is -2.21. The third-order valence-electron chi connectivity index (χ3n) is 3.85. The molecule has 0 aliphatic rings. The summed E-state index contributed by atoms with van der Waals surface area (Å²) in [6.07, 6.45) is 5.21. The number of nitrogens with zero attached hydrogens (tertiary/aromatic N) is 2. The molecule has 0 saturated heterocycles. The van der Waals surface area contributed by atoms with Crippen LogP contribution in [-0.2, 0) is 13.0 Å². The molecule has 3 heteroatoms. The molecule has 0 aliphatic carbocycles. The topological polar surface area (TPSA) is 29.9 Å². The van der Waals surface area contributed by atoms with Gasteiger partial charge in [-0.15, -0.1) is 0 Å². The van der Waals surface area contributed by atoms with E-state index in [0.29, 0.717) is 6.04 Å². The first-order valence-corrected chi connectivity index (χ1v) is 7.49. The lowest BCUT2D eigenvalue weighted by Gasteiger charge is -2.18. The van der Waals surface area contributed by atoms with Gasteiger partial charge < -0.3 is 5.32 Å². The summed E-state index contributed by atoms with van der Waals surface area (Å²) in [5.41, 5.74) is 4.11. The molecule has 3 nitrogen and oxygen atoms in total. The van der Waals surface area contributed by atoms with Crippen LogP contribution in [0, 0.1) is 6.92 Å². The highest BCUT2D eigenvalue weighted by molar-refractivity contribution is 5.26. The van der Waals surface area contributed by atoms with Crippen LogP contribution in [0.25, 0.3) is 0 Å². The highest BCUT2D eigenvalue weighted by atomic mass is 15.3. The molecule has 0 spiro atoms. The van der Waals surface area contributed by atoms with Crippen molar-refractivity contribution in [1.29, 1.82) is 0 Å². The smallest absolute Gasteiger partial charge is 0.0553 e. The Morgan fingerprint density at radius 1 is 1.25 bits per heavy atom. The maximum atomic E-state index is 4.42. The van der Waals surface area contributed by atoms with Crippen molar-refractivity contribution in [3.05, 3.63) is 53.3 Å². The van der Waals surface area contributed by atoms with Crippen LogP contribution in [0.2, 0.25) is 0 Å². The van der Waals surface area contributed by atoms with Crippen LogP contribution in [0.1, 0.15) is 42.6 Å². The zero-order valence-electron chi connectivity index (χ0n) is 12.8. The molecule has 1 N–H and O–H groups in total. The van der Waals surface area contributed by atoms with Gasteiger partial charge in [-0.25, -0.2) is 0 Å². The number of rotatable bonds is 7. The van der Waals surface area contributed by atoms with Crippen molar-refractivity contribution in [1.82, 2.24) is 15.1 Å². The number of hydrogen-bond acceptors (Lipinski definition) is 2. The van der Waals surface area contributed by atoms with Gasteiger partial charge in [0.1, 0.15) is 0 Å². The number of aryl methyl sites for hydroxylation is 3. The highest BCUT2D eigenvalue weighted by Gasteiger charge is 2.14. The zero-order valence-corrected chi connectivity index (χ0v) is 12.8. The molecule has 0 amide bonds. The van der Waals surface area contributed by atoms with E-state index in [1.54, 1.807) is 0 Å². The van der Waals surface area contributed by atoms with Gasteiger partial charge in [-0.1, -0.05) is 31.2 Å². The van der Waals surface area contributed by atoms with E-state index in [0.717, 1.165) is 25.8 Å². The molecule has 0 saturated carbocycles. The molecule has 20 heavy (non-hydrogen) atoms.